The van der Waals surface area contributed by atoms with E-state index in [1.165, 1.54) is 0 Å². The van der Waals surface area contributed by atoms with Gasteiger partial charge in [-0.3, -0.25) is 4.21 Å². The Hall–Kier alpha value is -0.430. The Balaban J connectivity index is 2.14. The Morgan fingerprint density at radius 1 is 1.50 bits per heavy atom. The number of rotatable bonds is 9. The maximum Gasteiger partial charge on any atom is 0.120 e. The smallest absolute Gasteiger partial charge is 0.120 e. The van der Waals surface area contributed by atoms with Gasteiger partial charge >= 0.3 is 0 Å². The lowest BCUT2D eigenvalue weighted by Gasteiger charge is -2.14. The standard InChI is InChI=1S/C14H22BrNO3S/c1-11(20(2)18)6-7-16-9-13(17)10-19-14-5-3-4-12(15)8-14/h3-5,8,11,13,16-17H,6-7,9-10H2,1-2H3. The second kappa shape index (κ2) is 9.50. The molecule has 20 heavy (non-hydrogen) atoms. The maximum absolute atomic E-state index is 11.2. The highest BCUT2D eigenvalue weighted by Gasteiger charge is 2.08. The van der Waals surface area contributed by atoms with Crippen LogP contribution in [0.3, 0.4) is 0 Å². The van der Waals surface area contributed by atoms with Gasteiger partial charge in [0, 0.05) is 33.3 Å². The molecule has 1 aromatic carbocycles. The molecule has 0 radical (unpaired) electrons. The van der Waals surface area contributed by atoms with Gasteiger partial charge in [0.05, 0.1) is 0 Å². The summed E-state index contributed by atoms with van der Waals surface area (Å²) in [7, 11) is -0.787. The fourth-order valence-electron chi connectivity index (χ4n) is 1.55. The molecule has 1 aromatic rings. The van der Waals surface area contributed by atoms with E-state index in [2.05, 4.69) is 21.2 Å². The summed E-state index contributed by atoms with van der Waals surface area (Å²) in [5.74, 6) is 0.730. The Kier molecular flexibility index (Phi) is 8.37. The van der Waals surface area contributed by atoms with Crippen molar-refractivity contribution in [1.82, 2.24) is 5.32 Å². The molecule has 0 saturated heterocycles. The lowest BCUT2D eigenvalue weighted by Crippen LogP contribution is -2.33. The maximum atomic E-state index is 11.2. The van der Waals surface area contributed by atoms with E-state index in [4.69, 9.17) is 4.74 Å². The summed E-state index contributed by atoms with van der Waals surface area (Å²) in [4.78, 5) is 0. The molecule has 0 amide bonds. The van der Waals surface area contributed by atoms with Gasteiger partial charge in [0.2, 0.25) is 0 Å². The number of benzene rings is 1. The van der Waals surface area contributed by atoms with Crippen molar-refractivity contribution in [3.63, 3.8) is 0 Å². The average Bonchev–Trinajstić information content (AvgIpc) is 2.41. The van der Waals surface area contributed by atoms with Gasteiger partial charge in [0.1, 0.15) is 18.5 Å². The third-order valence-corrected chi connectivity index (χ3v) is 4.77. The third kappa shape index (κ3) is 7.38. The second-order valence-corrected chi connectivity index (χ2v) is 7.44. The molecule has 0 aliphatic carbocycles. The minimum absolute atomic E-state index is 0.178. The summed E-state index contributed by atoms with van der Waals surface area (Å²) in [6.07, 6.45) is 1.99. The summed E-state index contributed by atoms with van der Waals surface area (Å²) in [5, 5.41) is 13.1. The lowest BCUT2D eigenvalue weighted by atomic mass is 10.3. The van der Waals surface area contributed by atoms with Crippen molar-refractivity contribution in [2.24, 2.45) is 0 Å². The van der Waals surface area contributed by atoms with Gasteiger partial charge in [-0.1, -0.05) is 28.9 Å². The molecule has 0 fully saturated rings. The van der Waals surface area contributed by atoms with E-state index in [0.29, 0.717) is 6.54 Å². The first-order valence-electron chi connectivity index (χ1n) is 6.58. The molecule has 6 heteroatoms. The van der Waals surface area contributed by atoms with E-state index < -0.39 is 16.9 Å². The first kappa shape index (κ1) is 17.6. The Labute approximate surface area is 131 Å². The molecule has 0 aromatic heterocycles. The minimum Gasteiger partial charge on any atom is -0.491 e. The molecule has 1 rings (SSSR count). The quantitative estimate of drug-likeness (QED) is 0.658. The van der Waals surface area contributed by atoms with Gasteiger partial charge in [-0.05, 0) is 31.2 Å². The number of hydrogen-bond acceptors (Lipinski definition) is 4. The molecule has 4 nitrogen and oxygen atoms in total. The molecule has 114 valence electrons. The third-order valence-electron chi connectivity index (χ3n) is 2.91. The average molecular weight is 364 g/mol. The fraction of sp³-hybridized carbons (Fsp3) is 0.571. The first-order chi connectivity index (χ1) is 9.49. The summed E-state index contributed by atoms with van der Waals surface area (Å²) in [6, 6.07) is 7.52. The van der Waals surface area contributed by atoms with Gasteiger partial charge < -0.3 is 15.2 Å². The predicted octanol–water partition coefficient (Wildman–Crippen LogP) is 1.94. The van der Waals surface area contributed by atoms with Crippen molar-refractivity contribution in [2.45, 2.75) is 24.7 Å². The van der Waals surface area contributed by atoms with Gasteiger partial charge in [0.15, 0.2) is 0 Å². The van der Waals surface area contributed by atoms with Crippen LogP contribution in [0.4, 0.5) is 0 Å². The number of ether oxygens (including phenoxy) is 1. The topological polar surface area (TPSA) is 58.6 Å². The Morgan fingerprint density at radius 3 is 2.90 bits per heavy atom. The normalized spacial score (nSPS) is 15.6. The highest BCUT2D eigenvalue weighted by molar-refractivity contribution is 9.10. The monoisotopic (exact) mass is 363 g/mol. The van der Waals surface area contributed by atoms with Gasteiger partial charge in [-0.15, -0.1) is 0 Å². The van der Waals surface area contributed by atoms with Crippen LogP contribution in [0.1, 0.15) is 13.3 Å². The molecular formula is C14H22BrNO3S. The van der Waals surface area contributed by atoms with Crippen molar-refractivity contribution >= 4 is 26.7 Å². The Morgan fingerprint density at radius 2 is 2.25 bits per heavy atom. The molecule has 0 saturated carbocycles. The number of aliphatic hydroxyl groups excluding tert-OH is 1. The number of halogens is 1. The number of nitrogens with one attached hydrogen (secondary N) is 1. The van der Waals surface area contributed by atoms with Crippen LogP contribution in [0.25, 0.3) is 0 Å². The lowest BCUT2D eigenvalue weighted by molar-refractivity contribution is 0.106. The van der Waals surface area contributed by atoms with E-state index in [0.717, 1.165) is 23.2 Å². The van der Waals surface area contributed by atoms with Crippen molar-refractivity contribution in [1.29, 1.82) is 0 Å². The predicted molar refractivity (Wildman–Crippen MR) is 86.7 cm³/mol. The molecule has 3 atom stereocenters. The molecule has 0 aliphatic heterocycles. The van der Waals surface area contributed by atoms with Crippen LogP contribution in [0.2, 0.25) is 0 Å². The van der Waals surface area contributed by atoms with Gasteiger partial charge in [0.25, 0.3) is 0 Å². The van der Waals surface area contributed by atoms with E-state index in [-0.39, 0.29) is 11.9 Å². The zero-order valence-corrected chi connectivity index (χ0v) is 14.2. The van der Waals surface area contributed by atoms with Crippen LogP contribution in [0, 0.1) is 0 Å². The van der Waals surface area contributed by atoms with Crippen molar-refractivity contribution < 1.29 is 14.1 Å². The summed E-state index contributed by atoms with van der Waals surface area (Å²) >= 11 is 3.37. The fourth-order valence-corrected chi connectivity index (χ4v) is 2.38. The molecular weight excluding hydrogens is 342 g/mol. The number of hydrogen-bond donors (Lipinski definition) is 2. The second-order valence-electron chi connectivity index (χ2n) is 4.72. The molecule has 0 heterocycles. The van der Waals surface area contributed by atoms with Crippen LogP contribution in [-0.2, 0) is 10.8 Å². The number of aliphatic hydroxyl groups is 1. The van der Waals surface area contributed by atoms with E-state index in [1.54, 1.807) is 6.26 Å². The summed E-state index contributed by atoms with van der Waals surface area (Å²) in [6.45, 7) is 3.43. The molecule has 2 N–H and O–H groups in total. The largest absolute Gasteiger partial charge is 0.491 e. The molecule has 3 unspecified atom stereocenters. The van der Waals surface area contributed by atoms with Crippen LogP contribution < -0.4 is 10.1 Å². The van der Waals surface area contributed by atoms with Crippen molar-refractivity contribution in [3.05, 3.63) is 28.7 Å². The van der Waals surface area contributed by atoms with E-state index in [1.807, 2.05) is 31.2 Å². The zero-order chi connectivity index (χ0) is 15.0. The zero-order valence-electron chi connectivity index (χ0n) is 11.8. The molecule has 0 spiro atoms. The SMILES string of the molecule is CC(CCNCC(O)COc1cccc(Br)c1)S(C)=O. The van der Waals surface area contributed by atoms with Crippen LogP contribution in [0.15, 0.2) is 28.7 Å². The highest BCUT2D eigenvalue weighted by atomic mass is 79.9. The van der Waals surface area contributed by atoms with E-state index in [9.17, 15) is 9.32 Å². The van der Waals surface area contributed by atoms with E-state index >= 15 is 0 Å². The Bertz CT molecular complexity index is 431. The van der Waals surface area contributed by atoms with Crippen LogP contribution >= 0.6 is 15.9 Å². The van der Waals surface area contributed by atoms with Crippen molar-refractivity contribution in [2.75, 3.05) is 26.0 Å². The first-order valence-corrected chi connectivity index (χ1v) is 9.00. The van der Waals surface area contributed by atoms with Gasteiger partial charge in [-0.2, -0.15) is 0 Å². The van der Waals surface area contributed by atoms with Crippen LogP contribution in [0.5, 0.6) is 5.75 Å². The minimum atomic E-state index is -0.787. The van der Waals surface area contributed by atoms with Crippen LogP contribution in [-0.4, -0.2) is 46.6 Å². The summed E-state index contributed by atoms with van der Waals surface area (Å²) < 4.78 is 17.6. The molecule has 0 aliphatic rings. The summed E-state index contributed by atoms with van der Waals surface area (Å²) in [5.41, 5.74) is 0. The highest BCUT2D eigenvalue weighted by Crippen LogP contribution is 2.17. The van der Waals surface area contributed by atoms with Crippen molar-refractivity contribution in [3.8, 4) is 5.75 Å². The van der Waals surface area contributed by atoms with Gasteiger partial charge in [-0.25, -0.2) is 0 Å². The molecule has 0 bridgehead atoms.